The maximum atomic E-state index is 13.3. The van der Waals surface area contributed by atoms with E-state index in [1.54, 1.807) is 23.1 Å². The van der Waals surface area contributed by atoms with E-state index < -0.39 is 0 Å². The van der Waals surface area contributed by atoms with Gasteiger partial charge < -0.3 is 9.32 Å². The van der Waals surface area contributed by atoms with E-state index in [4.69, 9.17) is 16.0 Å². The zero-order valence-corrected chi connectivity index (χ0v) is 17.5. The Morgan fingerprint density at radius 1 is 1.31 bits per heavy atom. The van der Waals surface area contributed by atoms with E-state index in [-0.39, 0.29) is 18.0 Å². The van der Waals surface area contributed by atoms with Gasteiger partial charge in [0.2, 0.25) is 5.89 Å². The van der Waals surface area contributed by atoms with Crippen LogP contribution < -0.4 is 0 Å². The van der Waals surface area contributed by atoms with E-state index in [9.17, 15) is 4.79 Å². The first-order valence-electron chi connectivity index (χ1n) is 10.1. The highest BCUT2D eigenvalue weighted by Gasteiger charge is 2.33. The fraction of sp³-hybridized carbons (Fsp3) is 0.409. The van der Waals surface area contributed by atoms with E-state index in [1.165, 1.54) is 0 Å². The summed E-state index contributed by atoms with van der Waals surface area (Å²) in [6.45, 7) is 4.74. The molecule has 0 saturated carbocycles. The van der Waals surface area contributed by atoms with E-state index in [1.807, 2.05) is 43.0 Å². The van der Waals surface area contributed by atoms with Gasteiger partial charge in [-0.05, 0) is 56.9 Å². The van der Waals surface area contributed by atoms with Gasteiger partial charge in [0.15, 0.2) is 0 Å². The van der Waals surface area contributed by atoms with E-state index >= 15 is 0 Å². The second-order valence-corrected chi connectivity index (χ2v) is 8.17. The second-order valence-electron chi connectivity index (χ2n) is 7.74. The monoisotopic (exact) mass is 412 g/mol. The van der Waals surface area contributed by atoms with Crippen LogP contribution >= 0.6 is 11.6 Å². The summed E-state index contributed by atoms with van der Waals surface area (Å²) in [5.41, 5.74) is 1.68. The first kappa shape index (κ1) is 19.7. The molecule has 3 aromatic rings. The molecule has 1 atom stereocenters. The Morgan fingerprint density at radius 3 is 2.97 bits per heavy atom. The number of benzene rings is 1. The number of carbonyl (C=O) groups is 1. The molecule has 29 heavy (non-hydrogen) atoms. The molecule has 152 valence electrons. The summed E-state index contributed by atoms with van der Waals surface area (Å²) in [7, 11) is 0. The van der Waals surface area contributed by atoms with Gasteiger partial charge in [-0.25, -0.2) is 4.98 Å². The summed E-state index contributed by atoms with van der Waals surface area (Å²) in [6, 6.07) is 9.47. The van der Waals surface area contributed by atoms with Crippen LogP contribution in [0.1, 0.15) is 72.9 Å². The fourth-order valence-corrected chi connectivity index (χ4v) is 4.09. The number of amides is 1. The molecule has 0 bridgehead atoms. The molecule has 1 aromatic carbocycles. The number of carbonyl (C=O) groups excluding carboxylic acids is 1. The predicted molar refractivity (Wildman–Crippen MR) is 111 cm³/mol. The Labute approximate surface area is 175 Å². The van der Waals surface area contributed by atoms with Crippen molar-refractivity contribution in [2.45, 2.75) is 51.6 Å². The molecule has 4 rings (SSSR count). The number of hydrogen-bond donors (Lipinski definition) is 0. The highest BCUT2D eigenvalue weighted by atomic mass is 35.5. The van der Waals surface area contributed by atoms with Crippen molar-refractivity contribution >= 4 is 17.5 Å². The minimum absolute atomic E-state index is 0.0181. The quantitative estimate of drug-likeness (QED) is 0.587. The van der Waals surface area contributed by atoms with Gasteiger partial charge in [-0.2, -0.15) is 5.10 Å². The highest BCUT2D eigenvalue weighted by molar-refractivity contribution is 6.30. The number of aromatic nitrogens is 3. The molecule has 6 nitrogen and oxygen atoms in total. The predicted octanol–water partition coefficient (Wildman–Crippen LogP) is 5.06. The number of piperidine rings is 1. The maximum Gasteiger partial charge on any atom is 0.272 e. The lowest BCUT2D eigenvalue weighted by Crippen LogP contribution is -2.39. The lowest BCUT2D eigenvalue weighted by molar-refractivity contribution is 0.0555. The molecule has 1 aliphatic heterocycles. The van der Waals surface area contributed by atoms with Crippen LogP contribution in [0, 0.1) is 0 Å². The average molecular weight is 413 g/mol. The van der Waals surface area contributed by atoms with Crippen LogP contribution in [0.25, 0.3) is 0 Å². The minimum atomic E-state index is -0.153. The first-order valence-corrected chi connectivity index (χ1v) is 10.4. The molecule has 0 radical (unpaired) electrons. The van der Waals surface area contributed by atoms with Crippen LogP contribution in [0.3, 0.4) is 0 Å². The van der Waals surface area contributed by atoms with Gasteiger partial charge in [0, 0.05) is 30.2 Å². The van der Waals surface area contributed by atoms with E-state index in [0.29, 0.717) is 29.6 Å². The Balaban J connectivity index is 1.56. The molecule has 1 amide bonds. The minimum Gasteiger partial charge on any atom is -0.443 e. The standard InChI is InChI=1S/C22H25ClN4O2/c1-15(2)27-20(9-10-25-27)22(28)26-11-4-3-8-19(26)21-24-14-18(29-21)13-16-6-5-7-17(23)12-16/h5-7,9-10,12,14-15,19H,3-4,8,11,13H2,1-2H3/t19-/m0/s1. The molecule has 3 heterocycles. The normalized spacial score (nSPS) is 17.1. The molecular formula is C22H25ClN4O2. The molecular weight excluding hydrogens is 388 g/mol. The van der Waals surface area contributed by atoms with E-state index in [0.717, 1.165) is 30.6 Å². The summed E-state index contributed by atoms with van der Waals surface area (Å²) in [5.74, 6) is 1.36. The molecule has 1 fully saturated rings. The molecule has 7 heteroatoms. The van der Waals surface area contributed by atoms with Gasteiger partial charge in [0.1, 0.15) is 17.5 Å². The SMILES string of the molecule is CC(C)n1nccc1C(=O)N1CCCC[C@H]1c1ncc(Cc2cccc(Cl)c2)o1. The number of hydrogen-bond acceptors (Lipinski definition) is 4. The van der Waals surface area contributed by atoms with E-state index in [2.05, 4.69) is 10.1 Å². The molecule has 2 aromatic heterocycles. The summed E-state index contributed by atoms with van der Waals surface area (Å²) in [4.78, 5) is 19.7. The Kier molecular flexibility index (Phi) is 5.72. The van der Waals surface area contributed by atoms with Gasteiger partial charge in [-0.3, -0.25) is 9.48 Å². The van der Waals surface area contributed by atoms with Crippen molar-refractivity contribution in [3.05, 3.63) is 70.7 Å². The van der Waals surface area contributed by atoms with Crippen LogP contribution in [0.15, 0.2) is 47.1 Å². The number of likely N-dealkylation sites (tertiary alicyclic amines) is 1. The van der Waals surface area contributed by atoms with Crippen LogP contribution in [-0.2, 0) is 6.42 Å². The van der Waals surface area contributed by atoms with Crippen molar-refractivity contribution in [1.29, 1.82) is 0 Å². The van der Waals surface area contributed by atoms with Crippen molar-refractivity contribution in [2.24, 2.45) is 0 Å². The lowest BCUT2D eigenvalue weighted by atomic mass is 10.0. The largest absolute Gasteiger partial charge is 0.443 e. The highest BCUT2D eigenvalue weighted by Crippen LogP contribution is 2.32. The number of rotatable bonds is 5. The van der Waals surface area contributed by atoms with Gasteiger partial charge in [0.25, 0.3) is 5.91 Å². The Bertz CT molecular complexity index is 994. The zero-order chi connectivity index (χ0) is 20.4. The molecule has 0 spiro atoms. The van der Waals surface area contributed by atoms with Crippen molar-refractivity contribution in [1.82, 2.24) is 19.7 Å². The first-order chi connectivity index (χ1) is 14.0. The topological polar surface area (TPSA) is 64.2 Å². The van der Waals surface area contributed by atoms with Gasteiger partial charge >= 0.3 is 0 Å². The van der Waals surface area contributed by atoms with Crippen LogP contribution in [-0.4, -0.2) is 32.1 Å². The van der Waals surface area contributed by atoms with Crippen LogP contribution in [0.5, 0.6) is 0 Å². The Hall–Kier alpha value is -2.60. The number of nitrogens with zero attached hydrogens (tertiary/aromatic N) is 4. The van der Waals surface area contributed by atoms with Crippen molar-refractivity contribution < 1.29 is 9.21 Å². The molecule has 0 unspecified atom stereocenters. The zero-order valence-electron chi connectivity index (χ0n) is 16.7. The summed E-state index contributed by atoms with van der Waals surface area (Å²) >= 11 is 6.08. The number of halogens is 1. The summed E-state index contributed by atoms with van der Waals surface area (Å²) in [5, 5.41) is 5.01. The maximum absolute atomic E-state index is 13.3. The average Bonchev–Trinajstić information content (AvgIpc) is 3.37. The summed E-state index contributed by atoms with van der Waals surface area (Å²) in [6.07, 6.45) is 6.93. The van der Waals surface area contributed by atoms with Crippen LogP contribution in [0.2, 0.25) is 5.02 Å². The van der Waals surface area contributed by atoms with Gasteiger partial charge in [-0.1, -0.05) is 23.7 Å². The number of oxazole rings is 1. The molecule has 1 saturated heterocycles. The second kappa shape index (κ2) is 8.41. The van der Waals surface area contributed by atoms with Gasteiger partial charge in [0.05, 0.1) is 6.20 Å². The third-order valence-corrected chi connectivity index (χ3v) is 5.50. The third kappa shape index (κ3) is 4.22. The molecule has 0 N–H and O–H groups in total. The van der Waals surface area contributed by atoms with Crippen LogP contribution in [0.4, 0.5) is 0 Å². The smallest absolute Gasteiger partial charge is 0.272 e. The lowest BCUT2D eigenvalue weighted by Gasteiger charge is -2.34. The van der Waals surface area contributed by atoms with Crippen molar-refractivity contribution in [3.8, 4) is 0 Å². The van der Waals surface area contributed by atoms with Gasteiger partial charge in [-0.15, -0.1) is 0 Å². The van der Waals surface area contributed by atoms with Crippen molar-refractivity contribution in [3.63, 3.8) is 0 Å². The Morgan fingerprint density at radius 2 is 2.17 bits per heavy atom. The van der Waals surface area contributed by atoms with Crippen molar-refractivity contribution in [2.75, 3.05) is 6.54 Å². The molecule has 1 aliphatic rings. The summed E-state index contributed by atoms with van der Waals surface area (Å²) < 4.78 is 7.84. The third-order valence-electron chi connectivity index (χ3n) is 5.27. The molecule has 0 aliphatic carbocycles. The fourth-order valence-electron chi connectivity index (χ4n) is 3.88.